The van der Waals surface area contributed by atoms with Gasteiger partial charge in [0.1, 0.15) is 5.52 Å². The second kappa shape index (κ2) is 9.08. The maximum Gasteiger partial charge on any atom is 0.254 e. The molecule has 6 nitrogen and oxygen atoms in total. The summed E-state index contributed by atoms with van der Waals surface area (Å²) in [6.45, 7) is 3.96. The molecule has 1 aromatic heterocycles. The molecule has 0 bridgehead atoms. The Bertz CT molecular complexity index is 1010. The van der Waals surface area contributed by atoms with Crippen LogP contribution < -0.4 is 9.47 Å². The lowest BCUT2D eigenvalue weighted by Gasteiger charge is -2.31. The van der Waals surface area contributed by atoms with Gasteiger partial charge in [-0.1, -0.05) is 19.1 Å². The van der Waals surface area contributed by atoms with E-state index in [4.69, 9.17) is 13.9 Å². The van der Waals surface area contributed by atoms with Crippen molar-refractivity contribution < 1.29 is 18.7 Å². The van der Waals surface area contributed by atoms with Crippen LogP contribution in [-0.4, -0.2) is 42.6 Å². The number of aromatic nitrogens is 1. The van der Waals surface area contributed by atoms with E-state index < -0.39 is 0 Å². The number of nitrogens with zero attached hydrogens (tertiary/aromatic N) is 2. The third-order valence-corrected chi connectivity index (χ3v) is 5.96. The lowest BCUT2D eigenvalue weighted by Crippen LogP contribution is -2.38. The third-order valence-electron chi connectivity index (χ3n) is 5.37. The van der Waals surface area contributed by atoms with Gasteiger partial charge in [0.25, 0.3) is 5.91 Å². The fourth-order valence-corrected chi connectivity index (χ4v) is 4.32. The zero-order valence-corrected chi connectivity index (χ0v) is 18.8. The molecule has 0 radical (unpaired) electrons. The van der Waals surface area contributed by atoms with Gasteiger partial charge in [0.05, 0.1) is 18.2 Å². The lowest BCUT2D eigenvalue weighted by atomic mass is 9.96. The normalized spacial score (nSPS) is 14.8. The number of hydrogen-bond acceptors (Lipinski definition) is 5. The molecule has 158 valence electrons. The first-order chi connectivity index (χ1) is 14.6. The highest BCUT2D eigenvalue weighted by Crippen LogP contribution is 2.38. The number of amides is 1. The van der Waals surface area contributed by atoms with E-state index in [0.29, 0.717) is 36.8 Å². The number of likely N-dealkylation sites (tertiary alicyclic amines) is 1. The Kier molecular flexibility index (Phi) is 6.27. The predicted octanol–water partition coefficient (Wildman–Crippen LogP) is 5.41. The monoisotopic (exact) mass is 472 g/mol. The summed E-state index contributed by atoms with van der Waals surface area (Å²) in [5, 5.41) is 0. The summed E-state index contributed by atoms with van der Waals surface area (Å²) in [5.74, 6) is 2.18. The van der Waals surface area contributed by atoms with Crippen molar-refractivity contribution in [2.45, 2.75) is 32.1 Å². The summed E-state index contributed by atoms with van der Waals surface area (Å²) >= 11 is 3.52. The number of hydrogen-bond donors (Lipinski definition) is 0. The molecule has 0 atom stereocenters. The maximum atomic E-state index is 13.1. The van der Waals surface area contributed by atoms with Crippen LogP contribution in [-0.2, 0) is 0 Å². The van der Waals surface area contributed by atoms with Gasteiger partial charge in [-0.3, -0.25) is 4.79 Å². The van der Waals surface area contributed by atoms with Crippen LogP contribution in [0.3, 0.4) is 0 Å². The standard InChI is InChI=1S/C23H25BrN2O4/c1-3-12-29-21-17(24)13-16(14-20(21)28-2)23(27)26-10-8-15(9-11-26)22-25-18-6-4-5-7-19(18)30-22/h4-7,13-15H,3,8-12H2,1-2H3. The van der Waals surface area contributed by atoms with E-state index in [1.807, 2.05) is 42.2 Å². The highest BCUT2D eigenvalue weighted by Gasteiger charge is 2.28. The lowest BCUT2D eigenvalue weighted by molar-refractivity contribution is 0.0706. The van der Waals surface area contributed by atoms with Crippen LogP contribution in [0, 0.1) is 0 Å². The van der Waals surface area contributed by atoms with E-state index in [9.17, 15) is 4.79 Å². The molecule has 2 heterocycles. The molecule has 0 saturated carbocycles. The molecule has 0 spiro atoms. The van der Waals surface area contributed by atoms with Crippen LogP contribution in [0.4, 0.5) is 0 Å². The Morgan fingerprint density at radius 2 is 2.03 bits per heavy atom. The average molecular weight is 473 g/mol. The number of oxazole rings is 1. The number of piperidine rings is 1. The topological polar surface area (TPSA) is 64.8 Å². The SMILES string of the molecule is CCCOc1c(Br)cc(C(=O)N2CCC(c3nc4ccccc4o3)CC2)cc1OC. The molecular weight excluding hydrogens is 448 g/mol. The Labute approximate surface area is 184 Å². The number of fused-ring (bicyclic) bond motifs is 1. The molecule has 2 aromatic carbocycles. The van der Waals surface area contributed by atoms with Gasteiger partial charge in [-0.25, -0.2) is 4.98 Å². The van der Waals surface area contributed by atoms with E-state index in [0.717, 1.165) is 40.7 Å². The van der Waals surface area contributed by atoms with Gasteiger partial charge in [-0.15, -0.1) is 0 Å². The van der Waals surface area contributed by atoms with Crippen LogP contribution in [0.15, 0.2) is 45.3 Å². The van der Waals surface area contributed by atoms with Gasteiger partial charge >= 0.3 is 0 Å². The average Bonchev–Trinajstić information content (AvgIpc) is 3.21. The second-order valence-corrected chi connectivity index (χ2v) is 8.28. The van der Waals surface area contributed by atoms with Crippen molar-refractivity contribution in [3.8, 4) is 11.5 Å². The van der Waals surface area contributed by atoms with Crippen molar-refractivity contribution in [1.29, 1.82) is 0 Å². The first-order valence-corrected chi connectivity index (χ1v) is 11.0. The number of benzene rings is 2. The molecule has 0 unspecified atom stereocenters. The first kappa shape index (κ1) is 20.7. The van der Waals surface area contributed by atoms with Crippen LogP contribution in [0.1, 0.15) is 48.4 Å². The fourth-order valence-electron chi connectivity index (χ4n) is 3.76. The second-order valence-electron chi connectivity index (χ2n) is 7.42. The molecule has 7 heteroatoms. The molecule has 0 N–H and O–H groups in total. The van der Waals surface area contributed by atoms with Gasteiger partial charge in [-0.05, 0) is 59.5 Å². The Morgan fingerprint density at radius 1 is 1.27 bits per heavy atom. The van der Waals surface area contributed by atoms with Crippen molar-refractivity contribution in [2.24, 2.45) is 0 Å². The van der Waals surface area contributed by atoms with E-state index in [1.54, 1.807) is 13.2 Å². The minimum absolute atomic E-state index is 0.00735. The molecular formula is C23H25BrN2O4. The van der Waals surface area contributed by atoms with E-state index in [-0.39, 0.29) is 11.8 Å². The van der Waals surface area contributed by atoms with Gasteiger partial charge in [0, 0.05) is 24.6 Å². The maximum absolute atomic E-state index is 13.1. The first-order valence-electron chi connectivity index (χ1n) is 10.3. The third kappa shape index (κ3) is 4.17. The molecule has 30 heavy (non-hydrogen) atoms. The Hall–Kier alpha value is -2.54. The molecule has 1 aliphatic heterocycles. The molecule has 4 rings (SSSR count). The zero-order valence-electron chi connectivity index (χ0n) is 17.2. The number of halogens is 1. The fraction of sp³-hybridized carbons (Fsp3) is 0.391. The highest BCUT2D eigenvalue weighted by atomic mass is 79.9. The van der Waals surface area contributed by atoms with Gasteiger partial charge in [0.15, 0.2) is 23.0 Å². The minimum Gasteiger partial charge on any atom is -0.493 e. The van der Waals surface area contributed by atoms with E-state index in [2.05, 4.69) is 20.9 Å². The van der Waals surface area contributed by atoms with E-state index in [1.165, 1.54) is 0 Å². The summed E-state index contributed by atoms with van der Waals surface area (Å²) in [7, 11) is 1.58. The summed E-state index contributed by atoms with van der Waals surface area (Å²) in [6.07, 6.45) is 2.55. The zero-order chi connectivity index (χ0) is 21.1. The van der Waals surface area contributed by atoms with Crippen molar-refractivity contribution in [2.75, 3.05) is 26.8 Å². The van der Waals surface area contributed by atoms with Crippen molar-refractivity contribution in [1.82, 2.24) is 9.88 Å². The highest BCUT2D eigenvalue weighted by molar-refractivity contribution is 9.10. The van der Waals surface area contributed by atoms with Crippen molar-refractivity contribution in [3.63, 3.8) is 0 Å². The van der Waals surface area contributed by atoms with Crippen molar-refractivity contribution >= 4 is 32.9 Å². The van der Waals surface area contributed by atoms with Crippen molar-refractivity contribution in [3.05, 3.63) is 52.3 Å². The molecule has 1 aliphatic rings. The van der Waals surface area contributed by atoms with Crippen LogP contribution >= 0.6 is 15.9 Å². The molecule has 1 amide bonds. The molecule has 1 saturated heterocycles. The molecule has 1 fully saturated rings. The quantitative estimate of drug-likeness (QED) is 0.479. The van der Waals surface area contributed by atoms with Crippen LogP contribution in [0.2, 0.25) is 0 Å². The van der Waals surface area contributed by atoms with Crippen LogP contribution in [0.5, 0.6) is 11.5 Å². The predicted molar refractivity (Wildman–Crippen MR) is 118 cm³/mol. The summed E-state index contributed by atoms with van der Waals surface area (Å²) in [6, 6.07) is 11.4. The van der Waals surface area contributed by atoms with Gasteiger partial charge in [-0.2, -0.15) is 0 Å². The molecule has 0 aliphatic carbocycles. The Morgan fingerprint density at radius 3 is 2.73 bits per heavy atom. The summed E-state index contributed by atoms with van der Waals surface area (Å²) in [5.41, 5.74) is 2.28. The number of carbonyl (C=O) groups is 1. The summed E-state index contributed by atoms with van der Waals surface area (Å²) < 4.78 is 17.9. The largest absolute Gasteiger partial charge is 0.493 e. The Balaban J connectivity index is 1.45. The van der Waals surface area contributed by atoms with Gasteiger partial charge < -0.3 is 18.8 Å². The number of para-hydroxylation sites is 2. The summed E-state index contributed by atoms with van der Waals surface area (Å²) in [4.78, 5) is 19.6. The minimum atomic E-state index is -0.00735. The number of ether oxygens (including phenoxy) is 2. The van der Waals surface area contributed by atoms with E-state index >= 15 is 0 Å². The number of carbonyl (C=O) groups excluding carboxylic acids is 1. The molecule has 3 aromatic rings. The number of methoxy groups -OCH3 is 1. The smallest absolute Gasteiger partial charge is 0.254 e. The van der Waals surface area contributed by atoms with Crippen LogP contribution in [0.25, 0.3) is 11.1 Å². The van der Waals surface area contributed by atoms with Gasteiger partial charge in [0.2, 0.25) is 0 Å². The number of rotatable bonds is 6.